The van der Waals surface area contributed by atoms with Crippen LogP contribution in [0, 0.1) is 0 Å². The Morgan fingerprint density at radius 3 is 2.40 bits per heavy atom. The topological polar surface area (TPSA) is 88.7 Å². The molecule has 0 aliphatic carbocycles. The molecule has 0 aliphatic rings. The summed E-state index contributed by atoms with van der Waals surface area (Å²) < 4.78 is 4.54. The molecule has 7 heteroatoms. The van der Waals surface area contributed by atoms with Crippen LogP contribution in [0.1, 0.15) is 11.1 Å². The number of halogens is 1. The maximum Gasteiger partial charge on any atom is 0.411 e. The number of benzene rings is 2. The second-order valence-electron chi connectivity index (χ2n) is 5.18. The van der Waals surface area contributed by atoms with Crippen molar-refractivity contribution in [1.29, 1.82) is 0 Å². The molecule has 0 aliphatic heterocycles. The summed E-state index contributed by atoms with van der Waals surface area (Å²) in [5.41, 5.74) is 8.79. The van der Waals surface area contributed by atoms with Crippen LogP contribution < -0.4 is 16.4 Å². The molecule has 6 nitrogen and oxygen atoms in total. The minimum Gasteiger partial charge on any atom is -0.453 e. The summed E-state index contributed by atoms with van der Waals surface area (Å²) in [6.45, 7) is 1.21. The maximum atomic E-state index is 11.1. The molecule has 134 valence electrons. The summed E-state index contributed by atoms with van der Waals surface area (Å²) in [5, 5.41) is 5.69. The Bertz CT molecular complexity index is 675. The Hall–Kier alpha value is -2.29. The van der Waals surface area contributed by atoms with E-state index < -0.39 is 6.09 Å². The van der Waals surface area contributed by atoms with Crippen LogP contribution in [0.5, 0.6) is 0 Å². The van der Waals surface area contributed by atoms with Gasteiger partial charge in [0.2, 0.25) is 0 Å². The average Bonchev–Trinajstić information content (AvgIpc) is 2.62. The molecule has 0 spiro atoms. The molecule has 2 aromatic rings. The van der Waals surface area contributed by atoms with E-state index >= 15 is 0 Å². The molecule has 2 aromatic carbocycles. The van der Waals surface area contributed by atoms with Crippen molar-refractivity contribution in [2.24, 2.45) is 10.7 Å². The Balaban J connectivity index is 0.00000312. The fourth-order valence-electron chi connectivity index (χ4n) is 2.07. The minimum atomic E-state index is -0.493. The predicted octanol–water partition coefficient (Wildman–Crippen LogP) is 3.13. The van der Waals surface area contributed by atoms with E-state index in [1.807, 2.05) is 30.3 Å². The van der Waals surface area contributed by atoms with Crippen LogP contribution in [-0.4, -0.2) is 25.7 Å². The number of carbonyl (C=O) groups is 1. The van der Waals surface area contributed by atoms with E-state index in [1.54, 1.807) is 12.1 Å². The first-order valence-electron chi connectivity index (χ1n) is 7.69. The van der Waals surface area contributed by atoms with Crippen molar-refractivity contribution >= 4 is 41.7 Å². The van der Waals surface area contributed by atoms with Crippen LogP contribution in [0.2, 0.25) is 0 Å². The van der Waals surface area contributed by atoms with E-state index in [9.17, 15) is 4.79 Å². The zero-order valence-electron chi connectivity index (χ0n) is 14.1. The van der Waals surface area contributed by atoms with E-state index in [0.717, 1.165) is 18.5 Å². The molecule has 4 N–H and O–H groups in total. The minimum absolute atomic E-state index is 0. The molecule has 0 fully saturated rings. The summed E-state index contributed by atoms with van der Waals surface area (Å²) in [6, 6.07) is 17.5. The van der Waals surface area contributed by atoms with E-state index in [0.29, 0.717) is 18.2 Å². The van der Waals surface area contributed by atoms with Crippen molar-refractivity contribution in [2.45, 2.75) is 13.0 Å². The van der Waals surface area contributed by atoms with Crippen molar-refractivity contribution in [3.63, 3.8) is 0 Å². The first kappa shape index (κ1) is 20.8. The molecule has 0 saturated heterocycles. The van der Waals surface area contributed by atoms with Crippen LogP contribution in [0.3, 0.4) is 0 Å². The number of nitrogens with one attached hydrogen (secondary N) is 2. The summed E-state index contributed by atoms with van der Waals surface area (Å²) in [7, 11) is 1.33. The van der Waals surface area contributed by atoms with Crippen molar-refractivity contribution < 1.29 is 9.53 Å². The number of hydrogen-bond acceptors (Lipinski definition) is 3. The van der Waals surface area contributed by atoms with Gasteiger partial charge in [-0.2, -0.15) is 0 Å². The molecule has 0 radical (unpaired) electrons. The van der Waals surface area contributed by atoms with Gasteiger partial charge in [0.05, 0.1) is 13.7 Å². The number of guanidine groups is 1. The van der Waals surface area contributed by atoms with Gasteiger partial charge in [0, 0.05) is 12.2 Å². The standard InChI is InChI=1S/C18H22N4O2.HI/c1-24-18(23)22-16-9-7-15(8-10-16)13-21-17(19)20-12-11-14-5-3-2-4-6-14;/h2-10H,11-13H2,1H3,(H,22,23)(H3,19,20,21);1H. The number of carbonyl (C=O) groups excluding carboxylic acids is 1. The highest BCUT2D eigenvalue weighted by Gasteiger charge is 2.00. The fourth-order valence-corrected chi connectivity index (χ4v) is 2.07. The van der Waals surface area contributed by atoms with Crippen LogP contribution in [-0.2, 0) is 17.7 Å². The lowest BCUT2D eigenvalue weighted by atomic mass is 10.1. The lowest BCUT2D eigenvalue weighted by molar-refractivity contribution is 0.187. The molecule has 0 unspecified atom stereocenters. The predicted molar refractivity (Wildman–Crippen MR) is 111 cm³/mol. The van der Waals surface area contributed by atoms with Gasteiger partial charge in [-0.15, -0.1) is 24.0 Å². The van der Waals surface area contributed by atoms with E-state index in [2.05, 4.69) is 32.5 Å². The zero-order valence-corrected chi connectivity index (χ0v) is 16.4. The van der Waals surface area contributed by atoms with Crippen molar-refractivity contribution in [2.75, 3.05) is 19.0 Å². The van der Waals surface area contributed by atoms with Crippen molar-refractivity contribution in [1.82, 2.24) is 5.32 Å². The quantitative estimate of drug-likeness (QED) is 0.356. The molecular weight excluding hydrogens is 431 g/mol. The zero-order chi connectivity index (χ0) is 17.2. The normalized spacial score (nSPS) is 10.5. The Labute approximate surface area is 164 Å². The van der Waals surface area contributed by atoms with Gasteiger partial charge in [-0.25, -0.2) is 9.79 Å². The van der Waals surface area contributed by atoms with Gasteiger partial charge in [0.1, 0.15) is 0 Å². The molecule has 0 atom stereocenters. The molecule has 1 amide bonds. The Morgan fingerprint density at radius 2 is 1.76 bits per heavy atom. The van der Waals surface area contributed by atoms with E-state index in [4.69, 9.17) is 5.73 Å². The largest absolute Gasteiger partial charge is 0.453 e. The van der Waals surface area contributed by atoms with Crippen LogP contribution >= 0.6 is 24.0 Å². The number of methoxy groups -OCH3 is 1. The second kappa shape index (κ2) is 11.3. The SMILES string of the molecule is COC(=O)Nc1ccc(CN=C(N)NCCc2ccccc2)cc1.I. The number of nitrogens with two attached hydrogens (primary N) is 1. The van der Waals surface area contributed by atoms with E-state index in [-0.39, 0.29) is 24.0 Å². The summed E-state index contributed by atoms with van der Waals surface area (Å²) in [4.78, 5) is 15.4. The number of rotatable bonds is 6. The van der Waals surface area contributed by atoms with E-state index in [1.165, 1.54) is 12.7 Å². The second-order valence-corrected chi connectivity index (χ2v) is 5.18. The number of amides is 1. The molecule has 0 saturated carbocycles. The molecule has 0 aromatic heterocycles. The van der Waals surface area contributed by atoms with Crippen molar-refractivity contribution in [3.8, 4) is 0 Å². The summed E-state index contributed by atoms with van der Waals surface area (Å²) in [6.07, 6.45) is 0.401. The highest BCUT2D eigenvalue weighted by Crippen LogP contribution is 2.10. The van der Waals surface area contributed by atoms with Gasteiger partial charge in [-0.1, -0.05) is 42.5 Å². The fraction of sp³-hybridized carbons (Fsp3) is 0.222. The number of ether oxygens (including phenoxy) is 1. The Morgan fingerprint density at radius 1 is 1.08 bits per heavy atom. The Kier molecular flexibility index (Phi) is 9.38. The lowest BCUT2D eigenvalue weighted by Gasteiger charge is -2.06. The molecule has 2 rings (SSSR count). The summed E-state index contributed by atoms with van der Waals surface area (Å²) in [5.74, 6) is 0.419. The monoisotopic (exact) mass is 454 g/mol. The molecule has 0 bridgehead atoms. The third-order valence-corrected chi connectivity index (χ3v) is 3.38. The molecule has 0 heterocycles. The number of hydrogen-bond donors (Lipinski definition) is 3. The van der Waals surface area contributed by atoms with Crippen molar-refractivity contribution in [3.05, 3.63) is 65.7 Å². The molecule has 25 heavy (non-hydrogen) atoms. The number of anilines is 1. The van der Waals surface area contributed by atoms with Crippen LogP contribution in [0.4, 0.5) is 10.5 Å². The average molecular weight is 454 g/mol. The smallest absolute Gasteiger partial charge is 0.411 e. The number of nitrogens with zero attached hydrogens (tertiary/aromatic N) is 1. The summed E-state index contributed by atoms with van der Waals surface area (Å²) >= 11 is 0. The maximum absolute atomic E-state index is 11.1. The highest BCUT2D eigenvalue weighted by atomic mass is 127. The van der Waals surface area contributed by atoms with Gasteiger partial charge in [0.15, 0.2) is 5.96 Å². The van der Waals surface area contributed by atoms with Crippen LogP contribution in [0.25, 0.3) is 0 Å². The van der Waals surface area contributed by atoms with Gasteiger partial charge in [-0.3, -0.25) is 5.32 Å². The number of aliphatic imine (C=N–C) groups is 1. The molecular formula is C18H23IN4O2. The van der Waals surface area contributed by atoms with Gasteiger partial charge in [-0.05, 0) is 29.7 Å². The first-order chi connectivity index (χ1) is 11.7. The lowest BCUT2D eigenvalue weighted by Crippen LogP contribution is -2.33. The van der Waals surface area contributed by atoms with Gasteiger partial charge >= 0.3 is 6.09 Å². The van der Waals surface area contributed by atoms with Crippen LogP contribution in [0.15, 0.2) is 59.6 Å². The highest BCUT2D eigenvalue weighted by molar-refractivity contribution is 14.0. The van der Waals surface area contributed by atoms with Gasteiger partial charge in [0.25, 0.3) is 0 Å². The van der Waals surface area contributed by atoms with Gasteiger partial charge < -0.3 is 15.8 Å². The first-order valence-corrected chi connectivity index (χ1v) is 7.69. The third-order valence-electron chi connectivity index (χ3n) is 3.38. The third kappa shape index (κ3) is 7.88.